The third-order valence-electron chi connectivity index (χ3n) is 3.47. The van der Waals surface area contributed by atoms with Crippen molar-refractivity contribution in [2.45, 2.75) is 13.0 Å². The lowest BCUT2D eigenvalue weighted by Crippen LogP contribution is -2.50. The Hall–Kier alpha value is -1.55. The first-order valence-corrected chi connectivity index (χ1v) is 8.30. The molecule has 0 spiro atoms. The Bertz CT molecular complexity index is 722. The van der Waals surface area contributed by atoms with Gasteiger partial charge in [-0.3, -0.25) is 4.40 Å². The molecule has 1 saturated heterocycles. The molecule has 1 aliphatic heterocycles. The van der Waals surface area contributed by atoms with E-state index in [2.05, 4.69) is 20.2 Å². The van der Waals surface area contributed by atoms with Crippen LogP contribution in [0.2, 0.25) is 0 Å². The number of nitrogens with zero attached hydrogens (tertiary/aromatic N) is 4. The van der Waals surface area contributed by atoms with Crippen molar-refractivity contribution in [3.05, 3.63) is 30.2 Å². The largest absolute Gasteiger partial charge is 0.314 e. The average molecular weight is 310 g/mol. The van der Waals surface area contributed by atoms with Crippen molar-refractivity contribution in [3.8, 4) is 0 Å². The van der Waals surface area contributed by atoms with Crippen LogP contribution in [-0.4, -0.2) is 53.5 Å². The van der Waals surface area contributed by atoms with E-state index in [0.29, 0.717) is 37.7 Å². The minimum atomic E-state index is -3.52. The second-order valence-corrected chi connectivity index (χ2v) is 6.68. The fourth-order valence-corrected chi connectivity index (χ4v) is 3.76. The number of hydrogen-bond donors (Lipinski definition) is 2. The van der Waals surface area contributed by atoms with Crippen molar-refractivity contribution in [3.63, 3.8) is 0 Å². The van der Waals surface area contributed by atoms with Crippen molar-refractivity contribution in [2.24, 2.45) is 0 Å². The summed E-state index contributed by atoms with van der Waals surface area (Å²) in [6, 6.07) is 5.09. The molecule has 8 nitrogen and oxygen atoms in total. The summed E-state index contributed by atoms with van der Waals surface area (Å²) < 4.78 is 30.6. The van der Waals surface area contributed by atoms with Gasteiger partial charge in [0.25, 0.3) is 10.2 Å². The predicted molar refractivity (Wildman–Crippen MR) is 77.9 cm³/mol. The Kier molecular flexibility index (Phi) is 3.89. The zero-order valence-electron chi connectivity index (χ0n) is 11.7. The highest BCUT2D eigenvalue weighted by molar-refractivity contribution is 7.87. The minimum absolute atomic E-state index is 0.456. The molecule has 9 heteroatoms. The fraction of sp³-hybridized carbons (Fsp3) is 0.500. The number of nitrogens with one attached hydrogen (secondary N) is 2. The maximum Gasteiger partial charge on any atom is 0.280 e. The van der Waals surface area contributed by atoms with Crippen molar-refractivity contribution in [1.82, 2.24) is 28.9 Å². The molecule has 1 atom stereocenters. The van der Waals surface area contributed by atoms with Gasteiger partial charge in [0.05, 0.1) is 6.04 Å². The SMILES string of the molecule is CC(NS(=O)(=O)N1CCNCC1)c1nnc2ccccn12. The monoisotopic (exact) mass is 310 g/mol. The third kappa shape index (κ3) is 2.91. The molecule has 1 aliphatic rings. The van der Waals surface area contributed by atoms with Gasteiger partial charge in [-0.15, -0.1) is 10.2 Å². The van der Waals surface area contributed by atoms with Gasteiger partial charge in [-0.2, -0.15) is 17.4 Å². The minimum Gasteiger partial charge on any atom is -0.314 e. The van der Waals surface area contributed by atoms with Gasteiger partial charge in [0.1, 0.15) is 0 Å². The summed E-state index contributed by atoms with van der Waals surface area (Å²) in [7, 11) is -3.52. The van der Waals surface area contributed by atoms with Gasteiger partial charge < -0.3 is 5.32 Å². The molecule has 1 fully saturated rings. The van der Waals surface area contributed by atoms with Crippen molar-refractivity contribution in [2.75, 3.05) is 26.2 Å². The van der Waals surface area contributed by atoms with Crippen molar-refractivity contribution >= 4 is 15.9 Å². The summed E-state index contributed by atoms with van der Waals surface area (Å²) in [4.78, 5) is 0. The molecule has 2 aromatic rings. The van der Waals surface area contributed by atoms with Crippen LogP contribution in [0.5, 0.6) is 0 Å². The molecule has 0 aromatic carbocycles. The Balaban J connectivity index is 1.80. The van der Waals surface area contributed by atoms with Crippen LogP contribution in [0.3, 0.4) is 0 Å². The van der Waals surface area contributed by atoms with Crippen LogP contribution in [0.25, 0.3) is 5.65 Å². The van der Waals surface area contributed by atoms with E-state index in [9.17, 15) is 8.42 Å². The molecule has 0 radical (unpaired) electrons. The van der Waals surface area contributed by atoms with Crippen LogP contribution < -0.4 is 10.0 Å². The lowest BCUT2D eigenvalue weighted by atomic mass is 10.3. The quantitative estimate of drug-likeness (QED) is 0.796. The first-order valence-electron chi connectivity index (χ1n) is 6.86. The smallest absolute Gasteiger partial charge is 0.280 e. The molecule has 3 rings (SSSR count). The zero-order chi connectivity index (χ0) is 14.9. The van der Waals surface area contributed by atoms with Gasteiger partial charge in [-0.1, -0.05) is 6.07 Å². The number of fused-ring (bicyclic) bond motifs is 1. The van der Waals surface area contributed by atoms with Crippen molar-refractivity contribution < 1.29 is 8.42 Å². The van der Waals surface area contributed by atoms with Gasteiger partial charge in [0.2, 0.25) is 0 Å². The summed E-state index contributed by atoms with van der Waals surface area (Å²) in [6.07, 6.45) is 1.82. The molecular weight excluding hydrogens is 292 g/mol. The average Bonchev–Trinajstić information content (AvgIpc) is 2.92. The summed E-state index contributed by atoms with van der Waals surface area (Å²) in [6.45, 7) is 4.06. The molecule has 3 heterocycles. The van der Waals surface area contributed by atoms with E-state index in [4.69, 9.17) is 0 Å². The van der Waals surface area contributed by atoms with Gasteiger partial charge >= 0.3 is 0 Å². The Morgan fingerprint density at radius 3 is 2.81 bits per heavy atom. The lowest BCUT2D eigenvalue weighted by Gasteiger charge is -2.27. The second-order valence-electron chi connectivity index (χ2n) is 4.98. The highest BCUT2D eigenvalue weighted by atomic mass is 32.2. The number of pyridine rings is 1. The zero-order valence-corrected chi connectivity index (χ0v) is 12.5. The molecule has 114 valence electrons. The molecule has 1 unspecified atom stereocenters. The summed E-state index contributed by atoms with van der Waals surface area (Å²) in [5.41, 5.74) is 0.695. The Morgan fingerprint density at radius 2 is 2.05 bits per heavy atom. The molecule has 0 amide bonds. The van der Waals surface area contributed by atoms with E-state index >= 15 is 0 Å². The van der Waals surface area contributed by atoms with Crippen LogP contribution >= 0.6 is 0 Å². The van der Waals surface area contributed by atoms with E-state index in [1.165, 1.54) is 4.31 Å². The van der Waals surface area contributed by atoms with Crippen molar-refractivity contribution in [1.29, 1.82) is 0 Å². The maximum atomic E-state index is 12.4. The third-order valence-corrected chi connectivity index (χ3v) is 5.17. The summed E-state index contributed by atoms with van der Waals surface area (Å²) in [5.74, 6) is 0.573. The van der Waals surface area contributed by atoms with Crippen LogP contribution in [0.4, 0.5) is 0 Å². The Labute approximate surface area is 123 Å². The number of rotatable bonds is 4. The highest BCUT2D eigenvalue weighted by Gasteiger charge is 2.27. The summed E-state index contributed by atoms with van der Waals surface area (Å²) >= 11 is 0. The van der Waals surface area contributed by atoms with Crippen LogP contribution in [0, 0.1) is 0 Å². The summed E-state index contributed by atoms with van der Waals surface area (Å²) in [5, 5.41) is 11.2. The van der Waals surface area contributed by atoms with Gasteiger partial charge in [0, 0.05) is 32.4 Å². The second kappa shape index (κ2) is 5.68. The normalized spacial score (nSPS) is 18.9. The maximum absolute atomic E-state index is 12.4. The number of piperazine rings is 1. The lowest BCUT2D eigenvalue weighted by molar-refractivity contribution is 0.351. The molecular formula is C12H18N6O2S. The van der Waals surface area contributed by atoms with E-state index in [0.717, 1.165) is 0 Å². The van der Waals surface area contributed by atoms with E-state index in [1.54, 1.807) is 11.3 Å². The molecule has 0 aliphatic carbocycles. The van der Waals surface area contributed by atoms with Gasteiger partial charge in [0.15, 0.2) is 11.5 Å². The fourth-order valence-electron chi connectivity index (χ4n) is 2.39. The molecule has 2 aromatic heterocycles. The van der Waals surface area contributed by atoms with Crippen LogP contribution in [-0.2, 0) is 10.2 Å². The van der Waals surface area contributed by atoms with Gasteiger partial charge in [-0.25, -0.2) is 0 Å². The first kappa shape index (κ1) is 14.4. The standard InChI is InChI=1S/C12H18N6O2S/c1-10(12-15-14-11-4-2-3-7-18(11)12)16-21(19,20)17-8-5-13-6-9-17/h2-4,7,10,13,16H,5-6,8-9H2,1H3. The molecule has 0 saturated carbocycles. The molecule has 2 N–H and O–H groups in total. The van der Waals surface area contributed by atoms with E-state index < -0.39 is 16.3 Å². The van der Waals surface area contributed by atoms with Crippen LogP contribution in [0.1, 0.15) is 18.8 Å². The Morgan fingerprint density at radius 1 is 1.29 bits per heavy atom. The highest BCUT2D eigenvalue weighted by Crippen LogP contribution is 2.14. The topological polar surface area (TPSA) is 91.6 Å². The van der Waals surface area contributed by atoms with Gasteiger partial charge in [-0.05, 0) is 19.1 Å². The van der Waals surface area contributed by atoms with E-state index in [-0.39, 0.29) is 0 Å². The molecule has 0 bridgehead atoms. The number of aromatic nitrogens is 3. The van der Waals surface area contributed by atoms with Crippen LogP contribution in [0.15, 0.2) is 24.4 Å². The predicted octanol–water partition coefficient (Wildman–Crippen LogP) is -0.470. The number of hydrogen-bond acceptors (Lipinski definition) is 5. The first-order chi connectivity index (χ1) is 10.1. The van der Waals surface area contributed by atoms with E-state index in [1.807, 2.05) is 24.4 Å². The molecule has 21 heavy (non-hydrogen) atoms.